The van der Waals surface area contributed by atoms with Crippen LogP contribution in [0.5, 0.6) is 0 Å². The van der Waals surface area contributed by atoms with Crippen LogP contribution >= 0.6 is 0 Å². The van der Waals surface area contributed by atoms with Crippen molar-refractivity contribution < 1.29 is 9.18 Å². The zero-order chi connectivity index (χ0) is 12.0. The molecule has 1 atom stereocenters. The van der Waals surface area contributed by atoms with Gasteiger partial charge in [-0.3, -0.25) is 4.79 Å². The summed E-state index contributed by atoms with van der Waals surface area (Å²) in [4.78, 5) is 11.6. The number of amides is 1. The largest absolute Gasteiger partial charge is 0.350 e. The van der Waals surface area contributed by atoms with E-state index in [1.165, 1.54) is 24.3 Å². The Kier molecular flexibility index (Phi) is 4.92. The van der Waals surface area contributed by atoms with Crippen LogP contribution in [-0.2, 0) is 0 Å². The molecule has 0 fully saturated rings. The van der Waals surface area contributed by atoms with E-state index in [2.05, 4.69) is 10.6 Å². The van der Waals surface area contributed by atoms with Crippen LogP contribution in [0.2, 0.25) is 0 Å². The van der Waals surface area contributed by atoms with E-state index < -0.39 is 0 Å². The van der Waals surface area contributed by atoms with E-state index in [9.17, 15) is 9.18 Å². The summed E-state index contributed by atoms with van der Waals surface area (Å²) in [6, 6.07) is 5.74. The topological polar surface area (TPSA) is 41.1 Å². The number of benzene rings is 1. The third-order valence-electron chi connectivity index (χ3n) is 2.23. The van der Waals surface area contributed by atoms with Gasteiger partial charge in [-0.25, -0.2) is 4.39 Å². The highest BCUT2D eigenvalue weighted by Gasteiger charge is 2.06. The molecule has 4 heteroatoms. The first kappa shape index (κ1) is 12.6. The molecule has 2 N–H and O–H groups in total. The van der Waals surface area contributed by atoms with E-state index in [1.54, 1.807) is 0 Å². The minimum atomic E-state index is -0.336. The molecule has 0 aliphatic heterocycles. The Morgan fingerprint density at radius 1 is 1.38 bits per heavy atom. The summed E-state index contributed by atoms with van der Waals surface area (Å²) in [6.45, 7) is 5.43. The number of rotatable bonds is 5. The molecule has 3 nitrogen and oxygen atoms in total. The second-order valence-corrected chi connectivity index (χ2v) is 3.68. The molecular formula is C12H17FN2O. The molecule has 0 spiro atoms. The van der Waals surface area contributed by atoms with Crippen LogP contribution in [-0.4, -0.2) is 25.0 Å². The van der Waals surface area contributed by atoms with Crippen LogP contribution in [0.15, 0.2) is 24.3 Å². The minimum Gasteiger partial charge on any atom is -0.350 e. The van der Waals surface area contributed by atoms with Gasteiger partial charge in [0.05, 0.1) is 0 Å². The molecule has 0 unspecified atom stereocenters. The van der Waals surface area contributed by atoms with E-state index in [0.29, 0.717) is 12.1 Å². The summed E-state index contributed by atoms with van der Waals surface area (Å²) in [5.41, 5.74) is 0.477. The Balaban J connectivity index is 2.43. The van der Waals surface area contributed by atoms with Crippen LogP contribution in [0.3, 0.4) is 0 Å². The summed E-state index contributed by atoms with van der Waals surface area (Å²) >= 11 is 0. The van der Waals surface area contributed by atoms with E-state index in [1.807, 2.05) is 13.8 Å². The van der Waals surface area contributed by atoms with Crippen molar-refractivity contribution >= 4 is 5.91 Å². The van der Waals surface area contributed by atoms with Gasteiger partial charge in [0, 0.05) is 18.2 Å². The second-order valence-electron chi connectivity index (χ2n) is 3.68. The summed E-state index contributed by atoms with van der Waals surface area (Å²) in [5, 5.41) is 5.97. The first-order chi connectivity index (χ1) is 7.63. The molecular weight excluding hydrogens is 207 g/mol. The predicted molar refractivity (Wildman–Crippen MR) is 61.9 cm³/mol. The molecule has 0 bridgehead atoms. The lowest BCUT2D eigenvalue weighted by atomic mass is 10.2. The van der Waals surface area contributed by atoms with Crippen molar-refractivity contribution in [3.8, 4) is 0 Å². The fourth-order valence-electron chi connectivity index (χ4n) is 1.37. The Labute approximate surface area is 95.0 Å². The van der Waals surface area contributed by atoms with Gasteiger partial charge in [-0.2, -0.15) is 0 Å². The fraction of sp³-hybridized carbons (Fsp3) is 0.417. The third kappa shape index (κ3) is 3.98. The first-order valence-corrected chi connectivity index (χ1v) is 5.40. The van der Waals surface area contributed by atoms with Crippen LogP contribution in [0.25, 0.3) is 0 Å². The number of likely N-dealkylation sites (N-methyl/N-ethyl adjacent to an activating group) is 1. The maximum absolute atomic E-state index is 12.6. The number of carbonyl (C=O) groups is 1. The number of hydrogen-bond acceptors (Lipinski definition) is 2. The van der Waals surface area contributed by atoms with Gasteiger partial charge in [0.2, 0.25) is 0 Å². The molecule has 16 heavy (non-hydrogen) atoms. The molecule has 0 saturated carbocycles. The van der Waals surface area contributed by atoms with Crippen LogP contribution in [0, 0.1) is 5.82 Å². The summed E-state index contributed by atoms with van der Waals surface area (Å²) in [6.07, 6.45) is 0. The zero-order valence-corrected chi connectivity index (χ0v) is 9.59. The van der Waals surface area contributed by atoms with Crippen molar-refractivity contribution in [2.45, 2.75) is 19.9 Å². The summed E-state index contributed by atoms with van der Waals surface area (Å²) in [7, 11) is 0. The normalized spacial score (nSPS) is 12.2. The van der Waals surface area contributed by atoms with Gasteiger partial charge in [-0.05, 0) is 37.7 Å². The molecule has 1 aromatic carbocycles. The minimum absolute atomic E-state index is 0.176. The van der Waals surface area contributed by atoms with E-state index in [0.717, 1.165) is 6.54 Å². The maximum Gasteiger partial charge on any atom is 0.251 e. The van der Waals surface area contributed by atoms with Gasteiger partial charge in [-0.1, -0.05) is 6.92 Å². The van der Waals surface area contributed by atoms with Crippen LogP contribution in [0.4, 0.5) is 4.39 Å². The SMILES string of the molecule is CCN[C@H](C)CNC(=O)c1ccc(F)cc1. The fourth-order valence-corrected chi connectivity index (χ4v) is 1.37. The number of nitrogens with one attached hydrogen (secondary N) is 2. The molecule has 0 aromatic heterocycles. The van der Waals surface area contributed by atoms with Gasteiger partial charge in [0.1, 0.15) is 5.82 Å². The summed E-state index contributed by atoms with van der Waals surface area (Å²) < 4.78 is 12.6. The lowest BCUT2D eigenvalue weighted by Crippen LogP contribution is -2.38. The molecule has 1 rings (SSSR count). The smallest absolute Gasteiger partial charge is 0.251 e. The Morgan fingerprint density at radius 2 is 2.00 bits per heavy atom. The standard InChI is InChI=1S/C12H17FN2O/c1-3-14-9(2)8-15-12(16)10-4-6-11(13)7-5-10/h4-7,9,14H,3,8H2,1-2H3,(H,15,16)/t9-/m1/s1. The Morgan fingerprint density at radius 3 is 2.56 bits per heavy atom. The van der Waals surface area contributed by atoms with Crippen molar-refractivity contribution in [1.29, 1.82) is 0 Å². The number of carbonyl (C=O) groups excluding carboxylic acids is 1. The van der Waals surface area contributed by atoms with Crippen LogP contribution < -0.4 is 10.6 Å². The van der Waals surface area contributed by atoms with Gasteiger partial charge >= 0.3 is 0 Å². The molecule has 1 aromatic rings. The molecule has 0 radical (unpaired) electrons. The lowest BCUT2D eigenvalue weighted by Gasteiger charge is -2.13. The number of halogens is 1. The molecule has 88 valence electrons. The highest BCUT2D eigenvalue weighted by molar-refractivity contribution is 5.94. The average Bonchev–Trinajstić information content (AvgIpc) is 2.27. The quantitative estimate of drug-likeness (QED) is 0.796. The van der Waals surface area contributed by atoms with Gasteiger partial charge in [0.15, 0.2) is 0 Å². The number of hydrogen-bond donors (Lipinski definition) is 2. The highest BCUT2D eigenvalue weighted by atomic mass is 19.1. The van der Waals surface area contributed by atoms with Crippen molar-refractivity contribution in [2.75, 3.05) is 13.1 Å². The van der Waals surface area contributed by atoms with Gasteiger partial charge < -0.3 is 10.6 Å². The molecule has 0 aliphatic rings. The van der Waals surface area contributed by atoms with E-state index >= 15 is 0 Å². The summed E-state index contributed by atoms with van der Waals surface area (Å²) in [5.74, 6) is -0.512. The van der Waals surface area contributed by atoms with Gasteiger partial charge in [0.25, 0.3) is 5.91 Å². The third-order valence-corrected chi connectivity index (χ3v) is 2.23. The van der Waals surface area contributed by atoms with Gasteiger partial charge in [-0.15, -0.1) is 0 Å². The van der Waals surface area contributed by atoms with Crippen molar-refractivity contribution in [2.24, 2.45) is 0 Å². The molecule has 0 saturated heterocycles. The van der Waals surface area contributed by atoms with Crippen LogP contribution in [0.1, 0.15) is 24.2 Å². The average molecular weight is 224 g/mol. The lowest BCUT2D eigenvalue weighted by molar-refractivity contribution is 0.0950. The highest BCUT2D eigenvalue weighted by Crippen LogP contribution is 2.02. The van der Waals surface area contributed by atoms with Crippen molar-refractivity contribution in [1.82, 2.24) is 10.6 Å². The molecule has 0 aliphatic carbocycles. The monoisotopic (exact) mass is 224 g/mol. The molecule has 1 amide bonds. The second kappa shape index (κ2) is 6.23. The Bertz CT molecular complexity index is 337. The first-order valence-electron chi connectivity index (χ1n) is 5.40. The zero-order valence-electron chi connectivity index (χ0n) is 9.59. The van der Waals surface area contributed by atoms with Crippen molar-refractivity contribution in [3.63, 3.8) is 0 Å². The van der Waals surface area contributed by atoms with E-state index in [4.69, 9.17) is 0 Å². The predicted octanol–water partition coefficient (Wildman–Crippen LogP) is 1.55. The Hall–Kier alpha value is -1.42. The van der Waals surface area contributed by atoms with E-state index in [-0.39, 0.29) is 17.8 Å². The maximum atomic E-state index is 12.6. The molecule has 0 heterocycles. The van der Waals surface area contributed by atoms with Crippen molar-refractivity contribution in [3.05, 3.63) is 35.6 Å².